The minimum Gasteiger partial charge on any atom is -0.447 e. The lowest BCUT2D eigenvalue weighted by Crippen LogP contribution is -2.07. The van der Waals surface area contributed by atoms with Gasteiger partial charge in [0.15, 0.2) is 17.8 Å². The van der Waals surface area contributed by atoms with Gasteiger partial charge in [0, 0.05) is 11.6 Å². The SMILES string of the molecule is CCc1ccc(C2Oc3cc(C=O)c([N+](=O)[O-])cc3O2)cc1. The standard InChI is InChI=1S/C16H13NO5/c1-2-10-3-5-11(6-4-10)16-21-14-7-12(9-18)13(17(19)20)8-15(14)22-16/h3-9,16H,2H2,1H3. The van der Waals surface area contributed by atoms with Crippen LogP contribution in [0, 0.1) is 10.1 Å². The van der Waals surface area contributed by atoms with Crippen molar-refractivity contribution < 1.29 is 19.2 Å². The third-order valence-corrected chi connectivity index (χ3v) is 3.54. The Labute approximate surface area is 126 Å². The van der Waals surface area contributed by atoms with Crippen LogP contribution in [0.15, 0.2) is 36.4 Å². The molecular formula is C16H13NO5. The molecule has 1 atom stereocenters. The summed E-state index contributed by atoms with van der Waals surface area (Å²) >= 11 is 0. The van der Waals surface area contributed by atoms with Crippen molar-refractivity contribution in [1.29, 1.82) is 0 Å². The van der Waals surface area contributed by atoms with Gasteiger partial charge in [-0.1, -0.05) is 31.2 Å². The summed E-state index contributed by atoms with van der Waals surface area (Å²) in [7, 11) is 0. The Morgan fingerprint density at radius 1 is 1.18 bits per heavy atom. The monoisotopic (exact) mass is 299 g/mol. The normalized spacial score (nSPS) is 15.6. The number of hydrogen-bond acceptors (Lipinski definition) is 5. The Morgan fingerprint density at radius 3 is 2.36 bits per heavy atom. The van der Waals surface area contributed by atoms with Crippen molar-refractivity contribution in [2.75, 3.05) is 0 Å². The summed E-state index contributed by atoms with van der Waals surface area (Å²) in [5, 5.41) is 11.0. The molecule has 0 fully saturated rings. The number of nitro groups is 1. The van der Waals surface area contributed by atoms with Gasteiger partial charge in [0.1, 0.15) is 0 Å². The first kappa shape index (κ1) is 14.1. The van der Waals surface area contributed by atoms with Crippen molar-refractivity contribution >= 4 is 12.0 Å². The highest BCUT2D eigenvalue weighted by Crippen LogP contribution is 2.43. The summed E-state index contributed by atoms with van der Waals surface area (Å²) in [5.74, 6) is 0.596. The average Bonchev–Trinajstić information content (AvgIpc) is 2.96. The number of nitro benzene ring substituents is 1. The molecule has 0 amide bonds. The molecule has 22 heavy (non-hydrogen) atoms. The third kappa shape index (κ3) is 2.39. The number of benzene rings is 2. The second-order valence-corrected chi connectivity index (χ2v) is 4.90. The highest BCUT2D eigenvalue weighted by Gasteiger charge is 2.30. The van der Waals surface area contributed by atoms with Crippen molar-refractivity contribution in [1.82, 2.24) is 0 Å². The van der Waals surface area contributed by atoms with E-state index in [1.54, 1.807) is 0 Å². The van der Waals surface area contributed by atoms with Crippen LogP contribution in [-0.4, -0.2) is 11.2 Å². The predicted octanol–water partition coefficient (Wildman–Crippen LogP) is 3.44. The number of nitrogens with zero attached hydrogens (tertiary/aromatic N) is 1. The van der Waals surface area contributed by atoms with E-state index in [0.717, 1.165) is 12.0 Å². The van der Waals surface area contributed by atoms with E-state index in [9.17, 15) is 14.9 Å². The summed E-state index contributed by atoms with van der Waals surface area (Å²) in [6, 6.07) is 10.3. The zero-order valence-electron chi connectivity index (χ0n) is 11.8. The number of hydrogen-bond donors (Lipinski definition) is 0. The van der Waals surface area contributed by atoms with Crippen LogP contribution in [0.1, 0.15) is 34.7 Å². The van der Waals surface area contributed by atoms with Crippen LogP contribution in [-0.2, 0) is 6.42 Å². The van der Waals surface area contributed by atoms with Gasteiger partial charge in [-0.25, -0.2) is 0 Å². The van der Waals surface area contributed by atoms with Gasteiger partial charge in [-0.3, -0.25) is 14.9 Å². The molecule has 1 aliphatic heterocycles. The number of fused-ring (bicyclic) bond motifs is 1. The molecule has 0 saturated carbocycles. The van der Waals surface area contributed by atoms with E-state index >= 15 is 0 Å². The molecule has 0 aromatic heterocycles. The fourth-order valence-electron chi connectivity index (χ4n) is 2.30. The number of aldehydes is 1. The Balaban J connectivity index is 1.91. The van der Waals surface area contributed by atoms with Gasteiger partial charge in [0.05, 0.1) is 16.6 Å². The molecule has 1 unspecified atom stereocenters. The Hall–Kier alpha value is -2.89. The number of carbonyl (C=O) groups is 1. The van der Waals surface area contributed by atoms with Crippen LogP contribution in [0.4, 0.5) is 5.69 Å². The van der Waals surface area contributed by atoms with Crippen molar-refractivity contribution in [2.45, 2.75) is 19.6 Å². The van der Waals surface area contributed by atoms with Crippen molar-refractivity contribution in [3.63, 3.8) is 0 Å². The predicted molar refractivity (Wildman–Crippen MR) is 78.3 cm³/mol. The maximum absolute atomic E-state index is 11.0. The summed E-state index contributed by atoms with van der Waals surface area (Å²) in [6.45, 7) is 2.06. The summed E-state index contributed by atoms with van der Waals surface area (Å²) in [5.41, 5.74) is 1.68. The summed E-state index contributed by atoms with van der Waals surface area (Å²) in [4.78, 5) is 21.3. The molecule has 1 aliphatic rings. The van der Waals surface area contributed by atoms with E-state index in [0.29, 0.717) is 12.0 Å². The second-order valence-electron chi connectivity index (χ2n) is 4.90. The van der Waals surface area contributed by atoms with E-state index in [1.807, 2.05) is 24.3 Å². The van der Waals surface area contributed by atoms with Crippen LogP contribution >= 0.6 is 0 Å². The van der Waals surface area contributed by atoms with Crippen molar-refractivity contribution in [3.8, 4) is 11.5 Å². The van der Waals surface area contributed by atoms with E-state index in [-0.39, 0.29) is 17.0 Å². The number of aryl methyl sites for hydroxylation is 1. The van der Waals surface area contributed by atoms with Gasteiger partial charge in [0.2, 0.25) is 0 Å². The fourth-order valence-corrected chi connectivity index (χ4v) is 2.30. The molecule has 2 aromatic rings. The molecule has 2 aromatic carbocycles. The average molecular weight is 299 g/mol. The van der Waals surface area contributed by atoms with Gasteiger partial charge in [-0.05, 0) is 12.0 Å². The molecule has 0 radical (unpaired) electrons. The maximum atomic E-state index is 11.0. The first-order chi connectivity index (χ1) is 10.6. The van der Waals surface area contributed by atoms with Crippen LogP contribution in [0.5, 0.6) is 11.5 Å². The van der Waals surface area contributed by atoms with E-state index < -0.39 is 11.2 Å². The zero-order valence-corrected chi connectivity index (χ0v) is 11.8. The molecule has 6 heteroatoms. The first-order valence-corrected chi connectivity index (χ1v) is 6.82. The minimum absolute atomic E-state index is 0.0330. The Bertz CT molecular complexity index is 739. The molecule has 1 heterocycles. The van der Waals surface area contributed by atoms with E-state index in [2.05, 4.69) is 6.92 Å². The van der Waals surface area contributed by atoms with Gasteiger partial charge < -0.3 is 9.47 Å². The molecule has 112 valence electrons. The van der Waals surface area contributed by atoms with Gasteiger partial charge >= 0.3 is 0 Å². The Kier molecular flexibility index (Phi) is 3.50. The lowest BCUT2D eigenvalue weighted by atomic mass is 10.1. The third-order valence-electron chi connectivity index (χ3n) is 3.54. The molecule has 6 nitrogen and oxygen atoms in total. The maximum Gasteiger partial charge on any atom is 0.283 e. The lowest BCUT2D eigenvalue weighted by molar-refractivity contribution is -0.385. The number of carbonyl (C=O) groups excluding carboxylic acids is 1. The van der Waals surface area contributed by atoms with Crippen molar-refractivity contribution in [2.24, 2.45) is 0 Å². The van der Waals surface area contributed by atoms with Crippen LogP contribution in [0.3, 0.4) is 0 Å². The zero-order chi connectivity index (χ0) is 15.7. The lowest BCUT2D eigenvalue weighted by Gasteiger charge is -2.10. The quantitative estimate of drug-likeness (QED) is 0.491. The highest BCUT2D eigenvalue weighted by atomic mass is 16.7. The van der Waals surface area contributed by atoms with E-state index in [1.165, 1.54) is 17.7 Å². The molecule has 0 bridgehead atoms. The largest absolute Gasteiger partial charge is 0.447 e. The summed E-state index contributed by atoms with van der Waals surface area (Å²) in [6.07, 6.45) is 0.704. The molecule has 0 saturated heterocycles. The summed E-state index contributed by atoms with van der Waals surface area (Å²) < 4.78 is 11.3. The van der Waals surface area contributed by atoms with E-state index in [4.69, 9.17) is 9.47 Å². The smallest absolute Gasteiger partial charge is 0.283 e. The Morgan fingerprint density at radius 2 is 1.82 bits per heavy atom. The number of ether oxygens (including phenoxy) is 2. The molecular weight excluding hydrogens is 286 g/mol. The van der Waals surface area contributed by atoms with Crippen molar-refractivity contribution in [3.05, 3.63) is 63.2 Å². The second kappa shape index (κ2) is 5.48. The minimum atomic E-state index is -0.664. The molecule has 0 spiro atoms. The van der Waals surface area contributed by atoms with Gasteiger partial charge in [0.25, 0.3) is 12.0 Å². The number of rotatable bonds is 4. The fraction of sp³-hybridized carbons (Fsp3) is 0.188. The molecule has 0 N–H and O–H groups in total. The van der Waals surface area contributed by atoms with Gasteiger partial charge in [-0.2, -0.15) is 0 Å². The van der Waals surface area contributed by atoms with Crippen LogP contribution in [0.2, 0.25) is 0 Å². The van der Waals surface area contributed by atoms with Crippen LogP contribution < -0.4 is 9.47 Å². The topological polar surface area (TPSA) is 78.7 Å². The van der Waals surface area contributed by atoms with Gasteiger partial charge in [-0.15, -0.1) is 0 Å². The van der Waals surface area contributed by atoms with Crippen LogP contribution in [0.25, 0.3) is 0 Å². The molecule has 0 aliphatic carbocycles. The molecule has 3 rings (SSSR count). The first-order valence-electron chi connectivity index (χ1n) is 6.82. The highest BCUT2D eigenvalue weighted by molar-refractivity contribution is 5.83.